The molecule has 1 aliphatic heterocycles. The van der Waals surface area contributed by atoms with Gasteiger partial charge in [-0.25, -0.2) is 17.8 Å². The van der Waals surface area contributed by atoms with Crippen molar-refractivity contribution in [1.29, 1.82) is 0 Å². The lowest BCUT2D eigenvalue weighted by Crippen LogP contribution is -2.35. The molecule has 29 heavy (non-hydrogen) atoms. The number of halogens is 2. The number of nitrogens with zero attached hydrogens (tertiary/aromatic N) is 2. The van der Waals surface area contributed by atoms with Crippen molar-refractivity contribution in [3.05, 3.63) is 59.7 Å². The highest BCUT2D eigenvalue weighted by Crippen LogP contribution is 2.29. The molecule has 2 heterocycles. The average Bonchev–Trinajstić information content (AvgIpc) is 3.19. The Morgan fingerprint density at radius 3 is 2.28 bits per heavy atom. The van der Waals surface area contributed by atoms with Crippen molar-refractivity contribution in [2.45, 2.75) is 24.2 Å². The average molecular weight is 498 g/mol. The molecule has 0 unspecified atom stereocenters. The summed E-state index contributed by atoms with van der Waals surface area (Å²) in [5.41, 5.74) is 2.36. The third-order valence-corrected chi connectivity index (χ3v) is 7.37. The normalized spacial score (nSPS) is 14.9. The summed E-state index contributed by atoms with van der Waals surface area (Å²) in [6.45, 7) is 1.18. The van der Waals surface area contributed by atoms with Crippen LogP contribution in [0.4, 0.5) is 15.2 Å². The van der Waals surface area contributed by atoms with Gasteiger partial charge in [-0.2, -0.15) is 4.31 Å². The largest absolute Gasteiger partial charge is 0.332 e. The van der Waals surface area contributed by atoms with Gasteiger partial charge < -0.3 is 5.32 Å². The maximum Gasteiger partial charge on any atom is 0.243 e. The number of hydrogen-bond acceptors (Lipinski definition) is 5. The molecule has 5 nitrogen and oxygen atoms in total. The molecule has 0 amide bonds. The van der Waals surface area contributed by atoms with E-state index in [2.05, 4.69) is 10.3 Å². The first-order valence-electron chi connectivity index (χ1n) is 9.11. The maximum atomic E-state index is 13.0. The number of sulfonamides is 1. The van der Waals surface area contributed by atoms with E-state index in [-0.39, 0.29) is 22.8 Å². The van der Waals surface area contributed by atoms with Crippen LogP contribution in [0, 0.1) is 5.82 Å². The van der Waals surface area contributed by atoms with E-state index in [1.807, 2.05) is 5.38 Å². The Bertz CT molecular complexity index is 1050. The minimum Gasteiger partial charge on any atom is -0.332 e. The van der Waals surface area contributed by atoms with E-state index in [1.165, 1.54) is 23.5 Å². The third-order valence-electron chi connectivity index (χ3n) is 4.70. The Balaban J connectivity index is 0.00000240. The molecule has 154 valence electrons. The zero-order valence-electron chi connectivity index (χ0n) is 15.5. The molecule has 0 bridgehead atoms. The molecule has 1 saturated heterocycles. The molecule has 3 aromatic rings. The number of hydrogen-bond donors (Lipinski definition) is 1. The van der Waals surface area contributed by atoms with E-state index in [9.17, 15) is 12.8 Å². The fourth-order valence-electron chi connectivity index (χ4n) is 3.17. The van der Waals surface area contributed by atoms with Gasteiger partial charge in [-0.05, 0) is 49.2 Å². The molecular weight excluding hydrogens is 477 g/mol. The zero-order valence-corrected chi connectivity index (χ0v) is 18.9. The van der Waals surface area contributed by atoms with Crippen LogP contribution < -0.4 is 5.32 Å². The molecule has 1 aromatic heterocycles. The lowest BCUT2D eigenvalue weighted by molar-refractivity contribution is 0.346. The summed E-state index contributed by atoms with van der Waals surface area (Å²) in [4.78, 5) is 4.85. The number of thiazole rings is 1. The molecule has 0 radical (unpaired) electrons. The van der Waals surface area contributed by atoms with Crippen LogP contribution in [0.2, 0.25) is 0 Å². The number of nitrogens with one attached hydrogen (secondary N) is 1. The third kappa shape index (κ3) is 5.03. The predicted octanol–water partition coefficient (Wildman–Crippen LogP) is 5.45. The van der Waals surface area contributed by atoms with Gasteiger partial charge in [0.2, 0.25) is 10.0 Å². The van der Waals surface area contributed by atoms with Crippen molar-refractivity contribution < 1.29 is 12.8 Å². The number of aromatic nitrogens is 1. The van der Waals surface area contributed by atoms with Crippen molar-refractivity contribution in [1.82, 2.24) is 9.29 Å². The molecule has 0 atom stereocenters. The molecule has 1 N–H and O–H groups in total. The van der Waals surface area contributed by atoms with Gasteiger partial charge in [-0.15, -0.1) is 28.3 Å². The van der Waals surface area contributed by atoms with Crippen molar-refractivity contribution in [2.75, 3.05) is 18.4 Å². The van der Waals surface area contributed by atoms with Gasteiger partial charge in [0, 0.05) is 29.7 Å². The van der Waals surface area contributed by atoms with E-state index in [0.29, 0.717) is 23.1 Å². The second-order valence-electron chi connectivity index (χ2n) is 6.66. The second kappa shape index (κ2) is 9.34. The highest BCUT2D eigenvalue weighted by molar-refractivity contribution is 8.93. The van der Waals surface area contributed by atoms with E-state index < -0.39 is 10.0 Å². The Labute approximate surface area is 184 Å². The minimum atomic E-state index is -3.43. The first-order valence-corrected chi connectivity index (χ1v) is 11.4. The van der Waals surface area contributed by atoms with Crippen molar-refractivity contribution in [3.8, 4) is 11.3 Å². The van der Waals surface area contributed by atoms with Crippen LogP contribution in [0.15, 0.2) is 58.8 Å². The maximum absolute atomic E-state index is 13.0. The summed E-state index contributed by atoms with van der Waals surface area (Å²) in [7, 11) is -3.43. The fraction of sp³-hybridized carbons (Fsp3) is 0.250. The van der Waals surface area contributed by atoms with Gasteiger partial charge in [-0.3, -0.25) is 0 Å². The van der Waals surface area contributed by atoms with Gasteiger partial charge in [0.1, 0.15) is 5.82 Å². The Morgan fingerprint density at radius 2 is 1.62 bits per heavy atom. The van der Waals surface area contributed by atoms with E-state index >= 15 is 0 Å². The molecule has 1 aliphatic rings. The van der Waals surface area contributed by atoms with Crippen LogP contribution in [0.5, 0.6) is 0 Å². The predicted molar refractivity (Wildman–Crippen MR) is 120 cm³/mol. The monoisotopic (exact) mass is 497 g/mol. The number of benzene rings is 2. The SMILES string of the molecule is Br.O=S(=O)(c1ccc(-c2csc(Nc3ccc(F)cc3)n2)cc1)N1CCCCC1. The summed E-state index contributed by atoms with van der Waals surface area (Å²) in [5.74, 6) is -0.287. The Kier molecular flexibility index (Phi) is 7.05. The number of rotatable bonds is 5. The van der Waals surface area contributed by atoms with Crippen LogP contribution in [0.3, 0.4) is 0 Å². The Hall–Kier alpha value is -1.81. The quantitative estimate of drug-likeness (QED) is 0.509. The van der Waals surface area contributed by atoms with Crippen LogP contribution in [-0.2, 0) is 10.0 Å². The number of anilines is 2. The molecule has 0 aliphatic carbocycles. The molecule has 2 aromatic carbocycles. The van der Waals surface area contributed by atoms with Gasteiger partial charge in [0.15, 0.2) is 5.13 Å². The van der Waals surface area contributed by atoms with Gasteiger partial charge in [0.05, 0.1) is 10.6 Å². The van der Waals surface area contributed by atoms with Crippen LogP contribution in [-0.4, -0.2) is 30.8 Å². The van der Waals surface area contributed by atoms with Gasteiger partial charge in [0.25, 0.3) is 0 Å². The Morgan fingerprint density at radius 1 is 0.966 bits per heavy atom. The van der Waals surface area contributed by atoms with Crippen molar-refractivity contribution in [2.24, 2.45) is 0 Å². The number of piperidine rings is 1. The molecular formula is C20H21BrFN3O2S2. The minimum absolute atomic E-state index is 0. The van der Waals surface area contributed by atoms with Crippen LogP contribution in [0.1, 0.15) is 19.3 Å². The van der Waals surface area contributed by atoms with E-state index in [0.717, 1.165) is 36.2 Å². The summed E-state index contributed by atoms with van der Waals surface area (Å²) < 4.78 is 40.1. The molecule has 1 fully saturated rings. The molecule has 0 saturated carbocycles. The fourth-order valence-corrected chi connectivity index (χ4v) is 5.43. The topological polar surface area (TPSA) is 62.3 Å². The van der Waals surface area contributed by atoms with Crippen molar-refractivity contribution >= 4 is 49.2 Å². The van der Waals surface area contributed by atoms with Crippen LogP contribution >= 0.6 is 28.3 Å². The first kappa shape index (κ1) is 21.9. The molecule has 0 spiro atoms. The lowest BCUT2D eigenvalue weighted by Gasteiger charge is -2.25. The highest BCUT2D eigenvalue weighted by atomic mass is 79.9. The van der Waals surface area contributed by atoms with Gasteiger partial charge >= 0.3 is 0 Å². The van der Waals surface area contributed by atoms with Crippen LogP contribution in [0.25, 0.3) is 11.3 Å². The smallest absolute Gasteiger partial charge is 0.243 e. The first-order chi connectivity index (χ1) is 13.5. The summed E-state index contributed by atoms with van der Waals surface area (Å²) in [5, 5.41) is 5.73. The standard InChI is InChI=1S/C20H20FN3O2S2.BrH/c21-16-6-8-17(9-7-16)22-20-23-19(14-27-20)15-4-10-18(11-5-15)28(25,26)24-12-2-1-3-13-24;/h4-11,14H,1-3,12-13H2,(H,22,23);1H. The highest BCUT2D eigenvalue weighted by Gasteiger charge is 2.25. The van der Waals surface area contributed by atoms with Gasteiger partial charge in [-0.1, -0.05) is 18.6 Å². The summed E-state index contributed by atoms with van der Waals surface area (Å²) in [6, 6.07) is 12.9. The van der Waals surface area contributed by atoms with E-state index in [1.54, 1.807) is 40.7 Å². The second-order valence-corrected chi connectivity index (χ2v) is 9.45. The lowest BCUT2D eigenvalue weighted by atomic mass is 10.2. The summed E-state index contributed by atoms with van der Waals surface area (Å²) >= 11 is 1.43. The molecule has 9 heteroatoms. The molecule has 4 rings (SSSR count). The van der Waals surface area contributed by atoms with E-state index in [4.69, 9.17) is 0 Å². The summed E-state index contributed by atoms with van der Waals surface area (Å²) in [6.07, 6.45) is 2.92. The van der Waals surface area contributed by atoms with Crippen molar-refractivity contribution in [3.63, 3.8) is 0 Å². The zero-order chi connectivity index (χ0) is 19.6.